The molecule has 0 aromatic rings. The Kier molecular flexibility index (Phi) is 2.52. The Bertz CT molecular complexity index is 312. The van der Waals surface area contributed by atoms with Gasteiger partial charge in [-0.15, -0.1) is 0 Å². The largest absolute Gasteiger partial charge is 0.497 e. The van der Waals surface area contributed by atoms with E-state index >= 15 is 0 Å². The molecule has 0 saturated carbocycles. The number of ketones is 1. The summed E-state index contributed by atoms with van der Waals surface area (Å²) in [5.74, 6) is -0.672. The molecule has 0 aromatic carbocycles. The summed E-state index contributed by atoms with van der Waals surface area (Å²) in [5, 5.41) is 0. The molecule has 1 aliphatic rings. The summed E-state index contributed by atoms with van der Waals surface area (Å²) in [6.45, 7) is 2.13. The van der Waals surface area contributed by atoms with Crippen LogP contribution in [0.1, 0.15) is 6.92 Å². The van der Waals surface area contributed by atoms with Crippen LogP contribution in [-0.4, -0.2) is 32.3 Å². The van der Waals surface area contributed by atoms with Crippen molar-refractivity contribution in [3.8, 4) is 0 Å². The first-order chi connectivity index (χ1) is 5.53. The van der Waals surface area contributed by atoms with E-state index in [1.54, 1.807) is 6.92 Å². The van der Waals surface area contributed by atoms with Gasteiger partial charge in [0.25, 0.3) is 0 Å². The lowest BCUT2D eigenvalue weighted by Crippen LogP contribution is -2.25. The number of sulfone groups is 1. The van der Waals surface area contributed by atoms with Gasteiger partial charge in [-0.1, -0.05) is 0 Å². The van der Waals surface area contributed by atoms with Crippen molar-refractivity contribution in [2.24, 2.45) is 0 Å². The number of carbonyl (C=O) groups excluding carboxylic acids is 1. The lowest BCUT2D eigenvalue weighted by Gasteiger charge is -2.12. The van der Waals surface area contributed by atoms with E-state index < -0.39 is 15.6 Å². The van der Waals surface area contributed by atoms with Crippen LogP contribution in [0.3, 0.4) is 0 Å². The van der Waals surface area contributed by atoms with Crippen molar-refractivity contribution in [1.29, 1.82) is 0 Å². The van der Waals surface area contributed by atoms with Gasteiger partial charge in [-0.05, 0) is 6.92 Å². The topological polar surface area (TPSA) is 60.4 Å². The fourth-order valence-corrected chi connectivity index (χ4v) is 2.24. The molecule has 12 heavy (non-hydrogen) atoms. The van der Waals surface area contributed by atoms with Crippen LogP contribution in [0.4, 0.5) is 0 Å². The fraction of sp³-hybridized carbons (Fsp3) is 0.571. The molecule has 1 heterocycles. The standard InChI is InChI=1S/C7H10O4S/c1-2-11-7-3-6(8)4-12(9,10)5-7/h3H,2,4-5H2,1H3. The molecule has 0 bridgehead atoms. The van der Waals surface area contributed by atoms with Crippen LogP contribution in [0.15, 0.2) is 11.8 Å². The van der Waals surface area contributed by atoms with Crippen molar-refractivity contribution < 1.29 is 17.9 Å². The minimum atomic E-state index is -3.25. The highest BCUT2D eigenvalue weighted by atomic mass is 32.2. The fourth-order valence-electron chi connectivity index (χ4n) is 1.02. The van der Waals surface area contributed by atoms with Crippen molar-refractivity contribution in [3.63, 3.8) is 0 Å². The van der Waals surface area contributed by atoms with E-state index in [0.29, 0.717) is 6.61 Å². The molecule has 0 saturated heterocycles. The number of ether oxygens (including phenoxy) is 1. The van der Waals surface area contributed by atoms with E-state index in [0.717, 1.165) is 0 Å². The molecule has 0 amide bonds. The van der Waals surface area contributed by atoms with E-state index in [1.807, 2.05) is 0 Å². The van der Waals surface area contributed by atoms with Gasteiger partial charge < -0.3 is 4.74 Å². The summed E-state index contributed by atoms with van der Waals surface area (Å²) < 4.78 is 27.0. The third-order valence-corrected chi connectivity index (χ3v) is 2.82. The first-order valence-electron chi connectivity index (χ1n) is 3.60. The minimum Gasteiger partial charge on any atom is -0.497 e. The van der Waals surface area contributed by atoms with Gasteiger partial charge >= 0.3 is 0 Å². The molecule has 0 N–H and O–H groups in total. The van der Waals surface area contributed by atoms with E-state index in [9.17, 15) is 13.2 Å². The zero-order valence-corrected chi connectivity index (χ0v) is 7.56. The van der Waals surface area contributed by atoms with E-state index in [2.05, 4.69) is 0 Å². The zero-order chi connectivity index (χ0) is 9.19. The molecule has 68 valence electrons. The van der Waals surface area contributed by atoms with Gasteiger partial charge in [0.15, 0.2) is 15.6 Å². The average molecular weight is 190 g/mol. The Morgan fingerprint density at radius 2 is 2.17 bits per heavy atom. The van der Waals surface area contributed by atoms with Crippen LogP contribution in [0.2, 0.25) is 0 Å². The van der Waals surface area contributed by atoms with Gasteiger partial charge in [0.05, 0.1) is 6.61 Å². The summed E-state index contributed by atoms with van der Waals surface area (Å²) in [4.78, 5) is 10.8. The van der Waals surface area contributed by atoms with Crippen LogP contribution < -0.4 is 0 Å². The maximum absolute atomic E-state index is 11.0. The van der Waals surface area contributed by atoms with E-state index in [4.69, 9.17) is 4.74 Å². The lowest BCUT2D eigenvalue weighted by atomic mass is 10.3. The third-order valence-electron chi connectivity index (χ3n) is 1.38. The molecule has 0 unspecified atom stereocenters. The number of carbonyl (C=O) groups is 1. The highest BCUT2D eigenvalue weighted by Gasteiger charge is 2.24. The van der Waals surface area contributed by atoms with Crippen molar-refractivity contribution >= 4 is 15.6 Å². The summed E-state index contributed by atoms with van der Waals surface area (Å²) >= 11 is 0. The molecule has 5 heteroatoms. The molecule has 1 rings (SSSR count). The van der Waals surface area contributed by atoms with Gasteiger partial charge in [-0.3, -0.25) is 4.79 Å². The van der Waals surface area contributed by atoms with Crippen LogP contribution >= 0.6 is 0 Å². The molecule has 0 atom stereocenters. The van der Waals surface area contributed by atoms with Crippen molar-refractivity contribution in [1.82, 2.24) is 0 Å². The normalized spacial score (nSPS) is 21.8. The Morgan fingerprint density at radius 1 is 1.50 bits per heavy atom. The maximum Gasteiger partial charge on any atom is 0.174 e. The van der Waals surface area contributed by atoms with E-state index in [1.165, 1.54) is 6.08 Å². The predicted octanol–water partition coefficient (Wildman–Crippen LogP) is -0.0957. The second-order valence-corrected chi connectivity index (χ2v) is 4.61. The molecule has 0 aromatic heterocycles. The SMILES string of the molecule is CCOC1=CC(=O)CS(=O)(=O)C1. The van der Waals surface area contributed by atoms with Crippen molar-refractivity contribution in [2.75, 3.05) is 18.1 Å². The summed E-state index contributed by atoms with van der Waals surface area (Å²) in [7, 11) is -3.25. The molecular weight excluding hydrogens is 180 g/mol. The Hall–Kier alpha value is -0.840. The highest BCUT2D eigenvalue weighted by Crippen LogP contribution is 2.10. The molecular formula is C7H10O4S. The summed E-state index contributed by atoms with van der Waals surface area (Å²) in [5.41, 5.74) is 0. The Balaban J connectivity index is 2.84. The highest BCUT2D eigenvalue weighted by molar-refractivity contribution is 7.92. The Labute approximate surface area is 71.1 Å². The van der Waals surface area contributed by atoms with Crippen molar-refractivity contribution in [2.45, 2.75) is 6.92 Å². The van der Waals surface area contributed by atoms with Gasteiger partial charge in [0.2, 0.25) is 0 Å². The predicted molar refractivity (Wildman–Crippen MR) is 43.4 cm³/mol. The number of hydrogen-bond donors (Lipinski definition) is 0. The van der Waals surface area contributed by atoms with E-state index in [-0.39, 0.29) is 17.3 Å². The monoisotopic (exact) mass is 190 g/mol. The van der Waals surface area contributed by atoms with Crippen LogP contribution in [0.25, 0.3) is 0 Å². The summed E-state index contributed by atoms with van der Waals surface area (Å²) in [6, 6.07) is 0. The molecule has 1 aliphatic heterocycles. The first-order valence-corrected chi connectivity index (χ1v) is 5.42. The van der Waals surface area contributed by atoms with Gasteiger partial charge in [-0.2, -0.15) is 0 Å². The van der Waals surface area contributed by atoms with Gasteiger partial charge in [0, 0.05) is 6.08 Å². The van der Waals surface area contributed by atoms with Gasteiger partial charge in [-0.25, -0.2) is 8.42 Å². The Morgan fingerprint density at radius 3 is 2.67 bits per heavy atom. The van der Waals surface area contributed by atoms with Crippen LogP contribution in [0, 0.1) is 0 Å². The number of hydrogen-bond acceptors (Lipinski definition) is 4. The molecule has 0 fully saturated rings. The van der Waals surface area contributed by atoms with Crippen LogP contribution in [-0.2, 0) is 19.4 Å². The quantitative estimate of drug-likeness (QED) is 0.610. The molecule has 0 spiro atoms. The van der Waals surface area contributed by atoms with Crippen LogP contribution in [0.5, 0.6) is 0 Å². The second-order valence-electron chi connectivity index (χ2n) is 2.54. The maximum atomic E-state index is 11.0. The molecule has 4 nitrogen and oxygen atoms in total. The van der Waals surface area contributed by atoms with Crippen molar-refractivity contribution in [3.05, 3.63) is 11.8 Å². The third kappa shape index (κ3) is 2.34. The smallest absolute Gasteiger partial charge is 0.174 e. The summed E-state index contributed by atoms with van der Waals surface area (Å²) in [6.07, 6.45) is 1.25. The minimum absolute atomic E-state index is 0.146. The number of allylic oxidation sites excluding steroid dienone is 1. The zero-order valence-electron chi connectivity index (χ0n) is 6.74. The first kappa shape index (κ1) is 9.25. The lowest BCUT2D eigenvalue weighted by molar-refractivity contribution is -0.112. The second kappa shape index (κ2) is 3.26. The van der Waals surface area contributed by atoms with Gasteiger partial charge in [0.1, 0.15) is 17.3 Å². The number of rotatable bonds is 2. The molecule has 0 aliphatic carbocycles. The molecule has 0 radical (unpaired) electrons. The average Bonchev–Trinajstić information content (AvgIpc) is 1.82.